The minimum atomic E-state index is -1.88. The van der Waals surface area contributed by atoms with Gasteiger partial charge in [0.1, 0.15) is 0 Å². The molecular formula is C9H12N2O4. The van der Waals surface area contributed by atoms with Crippen molar-refractivity contribution in [2.45, 2.75) is 12.6 Å². The van der Waals surface area contributed by atoms with Gasteiger partial charge in [0.15, 0.2) is 0 Å². The average molecular weight is 212 g/mol. The lowest BCUT2D eigenvalue weighted by Crippen LogP contribution is -2.63. The normalized spacial score (nSPS) is 9.93. The summed E-state index contributed by atoms with van der Waals surface area (Å²) in [6, 6.07) is 0. The van der Waals surface area contributed by atoms with Gasteiger partial charge < -0.3 is 15.7 Å². The molecule has 0 aliphatic heterocycles. The van der Waals surface area contributed by atoms with Crippen molar-refractivity contribution in [3.63, 3.8) is 0 Å². The van der Waals surface area contributed by atoms with E-state index in [1.807, 2.05) is 0 Å². The lowest BCUT2D eigenvalue weighted by atomic mass is 10.2. The smallest absolute Gasteiger partial charge is 0.350 e. The van der Waals surface area contributed by atoms with Crippen LogP contribution in [0.3, 0.4) is 0 Å². The van der Waals surface area contributed by atoms with E-state index in [-0.39, 0.29) is 0 Å². The van der Waals surface area contributed by atoms with Crippen molar-refractivity contribution in [3.8, 4) is 0 Å². The van der Waals surface area contributed by atoms with Gasteiger partial charge in [-0.3, -0.25) is 9.59 Å². The third-order valence-corrected chi connectivity index (χ3v) is 1.54. The molecular weight excluding hydrogens is 200 g/mol. The number of hydrogen-bond donors (Lipinski definition) is 3. The van der Waals surface area contributed by atoms with Gasteiger partial charge in [-0.1, -0.05) is 13.2 Å². The Labute approximate surface area is 86.7 Å². The third kappa shape index (κ3) is 3.63. The van der Waals surface area contributed by atoms with Crippen LogP contribution < -0.4 is 10.6 Å². The van der Waals surface area contributed by atoms with Gasteiger partial charge in [0.05, 0.1) is 0 Å². The summed E-state index contributed by atoms with van der Waals surface area (Å²) in [5.41, 5.74) is -1.88. The topological polar surface area (TPSA) is 95.5 Å². The van der Waals surface area contributed by atoms with Crippen LogP contribution >= 0.6 is 0 Å². The van der Waals surface area contributed by atoms with E-state index in [9.17, 15) is 14.4 Å². The third-order valence-electron chi connectivity index (χ3n) is 1.54. The van der Waals surface area contributed by atoms with Crippen LogP contribution in [0.4, 0.5) is 0 Å². The molecule has 0 fully saturated rings. The van der Waals surface area contributed by atoms with E-state index in [1.54, 1.807) is 0 Å². The van der Waals surface area contributed by atoms with Crippen molar-refractivity contribution in [1.29, 1.82) is 0 Å². The molecule has 0 aromatic rings. The molecule has 0 aromatic carbocycles. The van der Waals surface area contributed by atoms with Gasteiger partial charge in [0, 0.05) is 0 Å². The lowest BCUT2D eigenvalue weighted by molar-refractivity contribution is -0.149. The molecule has 0 radical (unpaired) electrons. The summed E-state index contributed by atoms with van der Waals surface area (Å²) in [6.07, 6.45) is 1.81. The molecule has 3 N–H and O–H groups in total. The molecule has 0 bridgehead atoms. The van der Waals surface area contributed by atoms with Crippen LogP contribution in [0.1, 0.15) is 6.92 Å². The molecule has 0 saturated heterocycles. The number of aliphatic carboxylic acids is 1. The van der Waals surface area contributed by atoms with Crippen LogP contribution in [0.2, 0.25) is 0 Å². The number of rotatable bonds is 5. The van der Waals surface area contributed by atoms with Gasteiger partial charge in [-0.2, -0.15) is 0 Å². The minimum absolute atomic E-state index is 0.704. The number of carbonyl (C=O) groups is 3. The van der Waals surface area contributed by atoms with Gasteiger partial charge >= 0.3 is 5.97 Å². The highest BCUT2D eigenvalue weighted by molar-refractivity contribution is 5.96. The molecule has 2 amide bonds. The Hall–Kier alpha value is -2.11. The van der Waals surface area contributed by atoms with Crippen LogP contribution in [-0.2, 0) is 14.4 Å². The van der Waals surface area contributed by atoms with Crippen molar-refractivity contribution in [2.24, 2.45) is 0 Å². The zero-order valence-corrected chi connectivity index (χ0v) is 8.24. The highest BCUT2D eigenvalue weighted by atomic mass is 16.4. The summed E-state index contributed by atoms with van der Waals surface area (Å²) in [5, 5.41) is 13.0. The molecule has 6 heteroatoms. The van der Waals surface area contributed by atoms with E-state index in [1.165, 1.54) is 0 Å². The van der Waals surface area contributed by atoms with Crippen LogP contribution in [0.5, 0.6) is 0 Å². The molecule has 15 heavy (non-hydrogen) atoms. The highest BCUT2D eigenvalue weighted by Gasteiger charge is 2.35. The Morgan fingerprint density at radius 2 is 1.47 bits per heavy atom. The maximum absolute atomic E-state index is 10.9. The lowest BCUT2D eigenvalue weighted by Gasteiger charge is -2.26. The Bertz CT molecular complexity index is 300. The van der Waals surface area contributed by atoms with Crippen molar-refractivity contribution in [2.75, 3.05) is 0 Å². The first-order valence-electron chi connectivity index (χ1n) is 3.98. The summed E-state index contributed by atoms with van der Waals surface area (Å²) in [6.45, 7) is 7.47. The molecule has 0 heterocycles. The predicted molar refractivity (Wildman–Crippen MR) is 52.7 cm³/mol. The molecule has 0 aliphatic carbocycles. The number of nitrogens with one attached hydrogen (secondary N) is 2. The van der Waals surface area contributed by atoms with Crippen LogP contribution in [-0.4, -0.2) is 28.6 Å². The van der Waals surface area contributed by atoms with Crippen molar-refractivity contribution in [1.82, 2.24) is 10.6 Å². The monoisotopic (exact) mass is 212 g/mol. The summed E-state index contributed by atoms with van der Waals surface area (Å²) >= 11 is 0. The Morgan fingerprint density at radius 1 is 1.13 bits per heavy atom. The van der Waals surface area contributed by atoms with E-state index in [0.717, 1.165) is 19.1 Å². The van der Waals surface area contributed by atoms with Gasteiger partial charge in [-0.25, -0.2) is 4.79 Å². The first-order chi connectivity index (χ1) is 6.85. The van der Waals surface area contributed by atoms with E-state index >= 15 is 0 Å². The maximum atomic E-state index is 10.9. The molecule has 0 rings (SSSR count). The molecule has 0 unspecified atom stereocenters. The summed E-state index contributed by atoms with van der Waals surface area (Å²) in [4.78, 5) is 32.7. The number of hydrogen-bond acceptors (Lipinski definition) is 3. The molecule has 0 spiro atoms. The van der Waals surface area contributed by atoms with Crippen molar-refractivity contribution in [3.05, 3.63) is 25.3 Å². The number of amides is 2. The molecule has 0 saturated carbocycles. The summed E-state index contributed by atoms with van der Waals surface area (Å²) in [7, 11) is 0. The first-order valence-corrected chi connectivity index (χ1v) is 3.98. The molecule has 82 valence electrons. The zero-order valence-electron chi connectivity index (χ0n) is 8.24. The average Bonchev–Trinajstić information content (AvgIpc) is 2.16. The van der Waals surface area contributed by atoms with Crippen molar-refractivity contribution < 1.29 is 19.5 Å². The maximum Gasteiger partial charge on any atom is 0.350 e. The van der Waals surface area contributed by atoms with Gasteiger partial charge in [-0.05, 0) is 19.1 Å². The Kier molecular flexibility index (Phi) is 4.25. The fourth-order valence-electron chi connectivity index (χ4n) is 0.733. The van der Waals surface area contributed by atoms with Gasteiger partial charge in [0.25, 0.3) is 0 Å². The number of carbonyl (C=O) groups excluding carboxylic acids is 2. The number of carboxylic acid groups (broad SMARTS) is 1. The van der Waals surface area contributed by atoms with Gasteiger partial charge in [-0.15, -0.1) is 0 Å². The van der Waals surface area contributed by atoms with E-state index in [4.69, 9.17) is 5.11 Å². The van der Waals surface area contributed by atoms with Crippen molar-refractivity contribution >= 4 is 17.8 Å². The van der Waals surface area contributed by atoms with Crippen LogP contribution in [0.25, 0.3) is 0 Å². The first kappa shape index (κ1) is 12.9. The fraction of sp³-hybridized carbons (Fsp3) is 0.222. The highest BCUT2D eigenvalue weighted by Crippen LogP contribution is 1.99. The SMILES string of the molecule is C=CC(=O)NC(C)(NC(=O)C=C)C(=O)O. The number of carboxylic acids is 1. The second kappa shape index (κ2) is 4.94. The zero-order chi connectivity index (χ0) is 12.1. The molecule has 0 atom stereocenters. The van der Waals surface area contributed by atoms with E-state index < -0.39 is 23.4 Å². The van der Waals surface area contributed by atoms with Crippen LogP contribution in [0.15, 0.2) is 25.3 Å². The largest absolute Gasteiger partial charge is 0.478 e. The second-order valence-corrected chi connectivity index (χ2v) is 2.82. The quantitative estimate of drug-likeness (QED) is 0.418. The minimum Gasteiger partial charge on any atom is -0.478 e. The van der Waals surface area contributed by atoms with E-state index in [0.29, 0.717) is 0 Å². The van der Waals surface area contributed by atoms with E-state index in [2.05, 4.69) is 23.8 Å². The molecule has 0 aromatic heterocycles. The fourth-order valence-corrected chi connectivity index (χ4v) is 0.733. The predicted octanol–water partition coefficient (Wildman–Crippen LogP) is -0.608. The second-order valence-electron chi connectivity index (χ2n) is 2.82. The molecule has 6 nitrogen and oxygen atoms in total. The summed E-state index contributed by atoms with van der Waals surface area (Å²) < 4.78 is 0. The van der Waals surface area contributed by atoms with Crippen LogP contribution in [0, 0.1) is 0 Å². The Morgan fingerprint density at radius 3 is 1.67 bits per heavy atom. The Balaban J connectivity index is 4.81. The molecule has 0 aliphatic rings. The summed E-state index contributed by atoms with van der Waals surface area (Å²) in [5.74, 6) is -2.80. The standard InChI is InChI=1S/C9H12N2O4/c1-4-6(12)10-9(3,8(14)15)11-7(13)5-2/h4-5H,1-2H2,3H3,(H,10,12)(H,11,13)(H,14,15). The van der Waals surface area contributed by atoms with Gasteiger partial charge in [0.2, 0.25) is 17.5 Å².